The minimum Gasteiger partial charge on any atom is -0.489 e. The van der Waals surface area contributed by atoms with Crippen LogP contribution in [0.1, 0.15) is 38.8 Å². The van der Waals surface area contributed by atoms with Crippen molar-refractivity contribution in [2.45, 2.75) is 33.2 Å². The topological polar surface area (TPSA) is 35.2 Å². The smallest absolute Gasteiger partial charge is 0.124 e. The van der Waals surface area contributed by atoms with Crippen molar-refractivity contribution in [2.24, 2.45) is 5.73 Å². The zero-order chi connectivity index (χ0) is 12.0. The highest BCUT2D eigenvalue weighted by atomic mass is 16.5. The summed E-state index contributed by atoms with van der Waals surface area (Å²) in [6, 6.07) is 8.04. The maximum Gasteiger partial charge on any atom is 0.124 e. The summed E-state index contributed by atoms with van der Waals surface area (Å²) < 4.78 is 5.71. The molecule has 0 saturated carbocycles. The lowest BCUT2D eigenvalue weighted by molar-refractivity contribution is 0.354. The lowest BCUT2D eigenvalue weighted by Gasteiger charge is -2.14. The van der Waals surface area contributed by atoms with E-state index in [4.69, 9.17) is 10.5 Å². The Morgan fingerprint density at radius 2 is 2.06 bits per heavy atom. The summed E-state index contributed by atoms with van der Waals surface area (Å²) in [5.74, 6) is 0.898. The molecule has 0 heterocycles. The Balaban J connectivity index is 2.75. The van der Waals surface area contributed by atoms with Gasteiger partial charge in [-0.3, -0.25) is 0 Å². The Hall–Kier alpha value is -1.28. The maximum atomic E-state index is 6.03. The molecule has 2 N–H and O–H groups in total. The van der Waals surface area contributed by atoms with E-state index in [-0.39, 0.29) is 6.04 Å². The summed E-state index contributed by atoms with van der Waals surface area (Å²) >= 11 is 0. The van der Waals surface area contributed by atoms with Gasteiger partial charge in [0.1, 0.15) is 12.4 Å². The van der Waals surface area contributed by atoms with E-state index in [0.29, 0.717) is 6.61 Å². The molecule has 1 aromatic rings. The fraction of sp³-hybridized carbons (Fsp3) is 0.429. The summed E-state index contributed by atoms with van der Waals surface area (Å²) in [6.45, 7) is 6.81. The van der Waals surface area contributed by atoms with Crippen molar-refractivity contribution >= 4 is 0 Å². The second kappa shape index (κ2) is 6.33. The standard InChI is InChI=1S/C14H21NO/c1-4-13(15)12-7-5-6-8-14(12)16-10-9-11(2)3/h5-9,13H,4,10,15H2,1-3H3/t13-/m0/s1. The maximum absolute atomic E-state index is 6.03. The van der Waals surface area contributed by atoms with Crippen LogP contribution in [0.25, 0.3) is 0 Å². The second-order valence-corrected chi connectivity index (χ2v) is 4.15. The van der Waals surface area contributed by atoms with E-state index in [2.05, 4.69) is 26.8 Å². The molecule has 0 aliphatic heterocycles. The molecule has 16 heavy (non-hydrogen) atoms. The van der Waals surface area contributed by atoms with Gasteiger partial charge in [-0.1, -0.05) is 30.7 Å². The van der Waals surface area contributed by atoms with Crippen LogP contribution in [0, 0.1) is 0 Å². The molecule has 0 aliphatic rings. The van der Waals surface area contributed by atoms with Crippen molar-refractivity contribution in [2.75, 3.05) is 6.61 Å². The van der Waals surface area contributed by atoms with Crippen molar-refractivity contribution in [3.8, 4) is 5.75 Å². The average Bonchev–Trinajstić information content (AvgIpc) is 2.28. The van der Waals surface area contributed by atoms with Gasteiger partial charge in [-0.05, 0) is 32.4 Å². The number of rotatable bonds is 5. The Morgan fingerprint density at radius 3 is 2.69 bits per heavy atom. The third kappa shape index (κ3) is 3.70. The molecule has 88 valence electrons. The van der Waals surface area contributed by atoms with E-state index in [1.807, 2.05) is 24.3 Å². The van der Waals surface area contributed by atoms with Crippen LogP contribution in [0.2, 0.25) is 0 Å². The van der Waals surface area contributed by atoms with Crippen LogP contribution in [0.3, 0.4) is 0 Å². The number of hydrogen-bond acceptors (Lipinski definition) is 2. The Morgan fingerprint density at radius 1 is 1.38 bits per heavy atom. The highest BCUT2D eigenvalue weighted by Gasteiger charge is 2.08. The lowest BCUT2D eigenvalue weighted by Crippen LogP contribution is -2.10. The summed E-state index contributed by atoms with van der Waals surface area (Å²) in [5.41, 5.74) is 8.38. The van der Waals surface area contributed by atoms with E-state index in [1.165, 1.54) is 5.57 Å². The largest absolute Gasteiger partial charge is 0.489 e. The number of ether oxygens (including phenoxy) is 1. The first kappa shape index (κ1) is 12.8. The Kier molecular flexibility index (Phi) is 5.06. The molecule has 1 rings (SSSR count). The van der Waals surface area contributed by atoms with Crippen LogP contribution in [0.4, 0.5) is 0 Å². The molecule has 1 atom stereocenters. The molecule has 0 aliphatic carbocycles. The Bertz CT molecular complexity index is 354. The van der Waals surface area contributed by atoms with Crippen molar-refractivity contribution in [1.29, 1.82) is 0 Å². The number of benzene rings is 1. The van der Waals surface area contributed by atoms with Gasteiger partial charge in [-0.15, -0.1) is 0 Å². The third-order valence-electron chi connectivity index (χ3n) is 2.49. The normalized spacial score (nSPS) is 12.0. The van der Waals surface area contributed by atoms with Gasteiger partial charge in [0.15, 0.2) is 0 Å². The SMILES string of the molecule is CC[C@H](N)c1ccccc1OCC=C(C)C. The predicted molar refractivity (Wildman–Crippen MR) is 68.6 cm³/mol. The minimum absolute atomic E-state index is 0.0582. The zero-order valence-corrected chi connectivity index (χ0v) is 10.4. The molecule has 0 saturated heterocycles. The van der Waals surface area contributed by atoms with Crippen molar-refractivity contribution in [1.82, 2.24) is 0 Å². The summed E-state index contributed by atoms with van der Waals surface area (Å²) in [7, 11) is 0. The van der Waals surface area contributed by atoms with E-state index in [9.17, 15) is 0 Å². The summed E-state index contributed by atoms with van der Waals surface area (Å²) in [4.78, 5) is 0. The molecular formula is C14H21NO. The molecule has 0 radical (unpaired) electrons. The molecule has 0 fully saturated rings. The minimum atomic E-state index is 0.0582. The van der Waals surface area contributed by atoms with Crippen LogP contribution in [-0.2, 0) is 0 Å². The van der Waals surface area contributed by atoms with Gasteiger partial charge < -0.3 is 10.5 Å². The third-order valence-corrected chi connectivity index (χ3v) is 2.49. The predicted octanol–water partition coefficient (Wildman–Crippen LogP) is 3.44. The summed E-state index contributed by atoms with van der Waals surface area (Å²) in [5, 5.41) is 0. The number of allylic oxidation sites excluding steroid dienone is 1. The van der Waals surface area contributed by atoms with E-state index in [1.54, 1.807) is 0 Å². The first-order chi connectivity index (χ1) is 7.65. The summed E-state index contributed by atoms with van der Waals surface area (Å²) in [6.07, 6.45) is 2.98. The molecule has 2 heteroatoms. The fourth-order valence-corrected chi connectivity index (χ4v) is 1.44. The van der Waals surface area contributed by atoms with Crippen LogP contribution in [0.5, 0.6) is 5.75 Å². The highest BCUT2D eigenvalue weighted by Crippen LogP contribution is 2.25. The molecule has 0 unspecified atom stereocenters. The van der Waals surface area contributed by atoms with Crippen molar-refractivity contribution in [3.63, 3.8) is 0 Å². The molecule has 2 nitrogen and oxygen atoms in total. The molecule has 0 aromatic heterocycles. The average molecular weight is 219 g/mol. The van der Waals surface area contributed by atoms with Gasteiger partial charge in [-0.2, -0.15) is 0 Å². The number of hydrogen-bond donors (Lipinski definition) is 1. The van der Waals surface area contributed by atoms with Crippen LogP contribution in [-0.4, -0.2) is 6.61 Å². The van der Waals surface area contributed by atoms with Crippen LogP contribution < -0.4 is 10.5 Å². The number of para-hydroxylation sites is 1. The van der Waals surface area contributed by atoms with Gasteiger partial charge in [-0.25, -0.2) is 0 Å². The monoisotopic (exact) mass is 219 g/mol. The molecule has 1 aromatic carbocycles. The molecule has 0 amide bonds. The van der Waals surface area contributed by atoms with E-state index in [0.717, 1.165) is 17.7 Å². The van der Waals surface area contributed by atoms with Gasteiger partial charge >= 0.3 is 0 Å². The van der Waals surface area contributed by atoms with Gasteiger partial charge in [0.05, 0.1) is 0 Å². The van der Waals surface area contributed by atoms with Gasteiger partial charge in [0, 0.05) is 11.6 Å². The molecule has 0 spiro atoms. The van der Waals surface area contributed by atoms with Gasteiger partial charge in [0.2, 0.25) is 0 Å². The highest BCUT2D eigenvalue weighted by molar-refractivity contribution is 5.35. The van der Waals surface area contributed by atoms with Crippen molar-refractivity contribution < 1.29 is 4.74 Å². The fourth-order valence-electron chi connectivity index (χ4n) is 1.44. The zero-order valence-electron chi connectivity index (χ0n) is 10.4. The molecule has 0 bridgehead atoms. The van der Waals surface area contributed by atoms with Crippen molar-refractivity contribution in [3.05, 3.63) is 41.5 Å². The first-order valence-electron chi connectivity index (χ1n) is 5.75. The van der Waals surface area contributed by atoms with Crippen LogP contribution in [0.15, 0.2) is 35.9 Å². The van der Waals surface area contributed by atoms with E-state index >= 15 is 0 Å². The lowest BCUT2D eigenvalue weighted by atomic mass is 10.0. The second-order valence-electron chi connectivity index (χ2n) is 4.15. The quantitative estimate of drug-likeness (QED) is 0.770. The first-order valence-corrected chi connectivity index (χ1v) is 5.75. The van der Waals surface area contributed by atoms with Gasteiger partial charge in [0.25, 0.3) is 0 Å². The Labute approximate surface area is 98.1 Å². The van der Waals surface area contributed by atoms with E-state index < -0.39 is 0 Å². The molecular weight excluding hydrogens is 198 g/mol. The number of nitrogens with two attached hydrogens (primary N) is 1. The van der Waals surface area contributed by atoms with Crippen LogP contribution >= 0.6 is 0 Å².